The third-order valence-electron chi connectivity index (χ3n) is 1.77. The molecular weight excluding hydrogens is 187 g/mol. The molecule has 0 saturated heterocycles. The van der Waals surface area contributed by atoms with E-state index in [4.69, 9.17) is 5.11 Å². The van der Waals surface area contributed by atoms with E-state index in [1.165, 1.54) is 12.1 Å². The quantitative estimate of drug-likeness (QED) is 0.586. The summed E-state index contributed by atoms with van der Waals surface area (Å²) in [6.45, 7) is -0.523. The molecule has 3 nitrogen and oxygen atoms in total. The Bertz CT molecular complexity index is 360. The molecule has 0 atom stereocenters. The first-order valence-electron chi connectivity index (χ1n) is 4.07. The smallest absolute Gasteiger partial charge is 0.377 e. The average Bonchev–Trinajstić information content (AvgIpc) is 2.17. The van der Waals surface area contributed by atoms with Crippen LogP contribution in [0.2, 0.25) is 0 Å². The zero-order chi connectivity index (χ0) is 10.6. The first kappa shape index (κ1) is 10.4. The van der Waals surface area contributed by atoms with Crippen molar-refractivity contribution in [1.82, 2.24) is 0 Å². The lowest BCUT2D eigenvalue weighted by Crippen LogP contribution is -2.12. The molecule has 0 heterocycles. The fourth-order valence-corrected chi connectivity index (χ4v) is 1.10. The molecule has 0 unspecified atom stereocenters. The number of carboxylic acids is 1. The Labute approximate surface area is 80.2 Å². The Kier molecular flexibility index (Phi) is 3.34. The first-order chi connectivity index (χ1) is 6.65. The highest BCUT2D eigenvalue weighted by Crippen LogP contribution is 2.07. The molecule has 0 saturated carbocycles. The number of aryl methyl sites for hydroxylation is 1. The Hall–Kier alpha value is -1.71. The van der Waals surface area contributed by atoms with Crippen molar-refractivity contribution < 1.29 is 19.1 Å². The second-order valence-electron chi connectivity index (χ2n) is 2.77. The van der Waals surface area contributed by atoms with Crippen molar-refractivity contribution in [2.24, 2.45) is 0 Å². The summed E-state index contributed by atoms with van der Waals surface area (Å²) in [6.07, 6.45) is 0.195. The molecule has 0 aliphatic rings. The van der Waals surface area contributed by atoms with Gasteiger partial charge in [-0.1, -0.05) is 18.2 Å². The van der Waals surface area contributed by atoms with Crippen molar-refractivity contribution in [3.8, 4) is 0 Å². The van der Waals surface area contributed by atoms with Gasteiger partial charge in [-0.2, -0.15) is 0 Å². The van der Waals surface area contributed by atoms with Gasteiger partial charge in [0.2, 0.25) is 0 Å². The van der Waals surface area contributed by atoms with E-state index >= 15 is 0 Å². The van der Waals surface area contributed by atoms with E-state index in [0.717, 1.165) is 0 Å². The van der Waals surface area contributed by atoms with E-state index in [1.54, 1.807) is 12.1 Å². The molecule has 1 N–H and O–H groups in total. The van der Waals surface area contributed by atoms with E-state index in [1.807, 2.05) is 0 Å². The predicted molar refractivity (Wildman–Crippen MR) is 48.1 cm³/mol. The second-order valence-corrected chi connectivity index (χ2v) is 2.77. The van der Waals surface area contributed by atoms with Gasteiger partial charge >= 0.3 is 5.97 Å². The van der Waals surface area contributed by atoms with Crippen LogP contribution in [0, 0.1) is 0 Å². The summed E-state index contributed by atoms with van der Waals surface area (Å²) in [6, 6.07) is 5.99. The summed E-state index contributed by atoms with van der Waals surface area (Å²) in [5, 5.41) is 8.43. The number of halogens is 1. The zero-order valence-electron chi connectivity index (χ0n) is 7.37. The van der Waals surface area contributed by atoms with E-state index in [9.17, 15) is 14.0 Å². The van der Waals surface area contributed by atoms with Crippen LogP contribution in [0.15, 0.2) is 24.3 Å². The van der Waals surface area contributed by atoms with Crippen molar-refractivity contribution in [2.45, 2.75) is 6.42 Å². The van der Waals surface area contributed by atoms with E-state index in [-0.39, 0.29) is 12.0 Å². The highest BCUT2D eigenvalue weighted by Gasteiger charge is 2.14. The molecule has 0 spiro atoms. The standard InChI is InChI=1S/C10H9FO3/c11-5-4-7-2-1-3-8(6-7)9(12)10(13)14/h1-3,6H,4-5H2,(H,13,14). The van der Waals surface area contributed by atoms with Crippen LogP contribution in [-0.4, -0.2) is 23.5 Å². The lowest BCUT2D eigenvalue weighted by Gasteiger charge is -1.99. The molecular formula is C10H9FO3. The van der Waals surface area contributed by atoms with Gasteiger partial charge in [0.25, 0.3) is 5.78 Å². The number of rotatable bonds is 4. The highest BCUT2D eigenvalue weighted by molar-refractivity contribution is 6.39. The minimum atomic E-state index is -1.50. The summed E-state index contributed by atoms with van der Waals surface area (Å²) >= 11 is 0. The molecule has 1 aromatic carbocycles. The number of carbonyl (C=O) groups excluding carboxylic acids is 1. The molecule has 74 valence electrons. The molecule has 1 aromatic rings. The van der Waals surface area contributed by atoms with Crippen molar-refractivity contribution in [2.75, 3.05) is 6.67 Å². The van der Waals surface area contributed by atoms with Gasteiger partial charge in [-0.3, -0.25) is 9.18 Å². The maximum Gasteiger partial charge on any atom is 0.377 e. The number of alkyl halides is 1. The first-order valence-corrected chi connectivity index (χ1v) is 4.07. The van der Waals surface area contributed by atoms with Gasteiger partial charge in [-0.25, -0.2) is 4.79 Å². The van der Waals surface area contributed by atoms with Crippen LogP contribution >= 0.6 is 0 Å². The lowest BCUT2D eigenvalue weighted by atomic mass is 10.1. The molecule has 0 aromatic heterocycles. The van der Waals surface area contributed by atoms with Crippen LogP contribution in [0.4, 0.5) is 4.39 Å². The van der Waals surface area contributed by atoms with Gasteiger partial charge in [0.05, 0.1) is 6.67 Å². The number of hydrogen-bond acceptors (Lipinski definition) is 2. The van der Waals surface area contributed by atoms with Gasteiger partial charge in [-0.05, 0) is 11.6 Å². The summed E-state index contributed by atoms with van der Waals surface area (Å²) < 4.78 is 12.0. The van der Waals surface area contributed by atoms with Crippen LogP contribution in [0.5, 0.6) is 0 Å². The molecule has 4 heteroatoms. The van der Waals surface area contributed by atoms with Gasteiger partial charge in [0.15, 0.2) is 0 Å². The van der Waals surface area contributed by atoms with Crippen LogP contribution in [0.3, 0.4) is 0 Å². The summed E-state index contributed by atoms with van der Waals surface area (Å²) in [4.78, 5) is 21.4. The van der Waals surface area contributed by atoms with Crippen molar-refractivity contribution in [1.29, 1.82) is 0 Å². The maximum absolute atomic E-state index is 12.0. The number of Topliss-reactive ketones (excluding diaryl/α,β-unsaturated/α-hetero) is 1. The van der Waals surface area contributed by atoms with Gasteiger partial charge in [0, 0.05) is 12.0 Å². The molecule has 14 heavy (non-hydrogen) atoms. The number of hydrogen-bond donors (Lipinski definition) is 1. The van der Waals surface area contributed by atoms with Gasteiger partial charge in [-0.15, -0.1) is 0 Å². The fourth-order valence-electron chi connectivity index (χ4n) is 1.10. The van der Waals surface area contributed by atoms with Crippen molar-refractivity contribution in [3.63, 3.8) is 0 Å². The highest BCUT2D eigenvalue weighted by atomic mass is 19.1. The largest absolute Gasteiger partial charge is 0.475 e. The summed E-state index contributed by atoms with van der Waals surface area (Å²) in [7, 11) is 0. The number of ketones is 1. The number of aliphatic carboxylic acids is 1. The lowest BCUT2D eigenvalue weighted by molar-refractivity contribution is -0.131. The van der Waals surface area contributed by atoms with E-state index < -0.39 is 18.4 Å². The Morgan fingerprint density at radius 3 is 2.64 bits per heavy atom. The average molecular weight is 196 g/mol. The van der Waals surface area contributed by atoms with E-state index in [2.05, 4.69) is 0 Å². The van der Waals surface area contributed by atoms with Crippen molar-refractivity contribution in [3.05, 3.63) is 35.4 Å². The number of benzene rings is 1. The SMILES string of the molecule is O=C(O)C(=O)c1cccc(CCF)c1. The predicted octanol–water partition coefficient (Wildman–Crippen LogP) is 1.47. The zero-order valence-corrected chi connectivity index (χ0v) is 7.37. The van der Waals surface area contributed by atoms with Crippen LogP contribution in [0.25, 0.3) is 0 Å². The minimum Gasteiger partial charge on any atom is -0.475 e. The van der Waals surface area contributed by atoms with Crippen LogP contribution in [-0.2, 0) is 11.2 Å². The van der Waals surface area contributed by atoms with Crippen molar-refractivity contribution >= 4 is 11.8 Å². The second kappa shape index (κ2) is 4.50. The van der Waals surface area contributed by atoms with Gasteiger partial charge in [0.1, 0.15) is 0 Å². The Morgan fingerprint density at radius 2 is 2.07 bits per heavy atom. The topological polar surface area (TPSA) is 54.4 Å². The molecule has 0 fully saturated rings. The monoisotopic (exact) mass is 196 g/mol. The Morgan fingerprint density at radius 1 is 1.36 bits per heavy atom. The van der Waals surface area contributed by atoms with E-state index in [0.29, 0.717) is 5.56 Å². The molecule has 0 aliphatic carbocycles. The molecule has 0 bridgehead atoms. The minimum absolute atomic E-state index is 0.0865. The molecule has 0 amide bonds. The normalized spacial score (nSPS) is 9.79. The third-order valence-corrected chi connectivity index (χ3v) is 1.77. The van der Waals surface area contributed by atoms with Gasteiger partial charge < -0.3 is 5.11 Å². The summed E-state index contributed by atoms with van der Waals surface area (Å²) in [5.74, 6) is -2.46. The Balaban J connectivity index is 2.93. The van der Waals surface area contributed by atoms with Crippen LogP contribution in [0.1, 0.15) is 15.9 Å². The maximum atomic E-state index is 12.0. The summed E-state index contributed by atoms with van der Waals surface area (Å²) in [5.41, 5.74) is 0.711. The molecule has 1 rings (SSSR count). The fraction of sp³-hybridized carbons (Fsp3) is 0.200. The molecule has 0 aliphatic heterocycles. The van der Waals surface area contributed by atoms with Crippen LogP contribution < -0.4 is 0 Å². The molecule has 0 radical (unpaired) electrons. The third kappa shape index (κ3) is 2.39. The number of carbonyl (C=O) groups is 2. The number of carboxylic acid groups (broad SMARTS) is 1.